The zero-order valence-corrected chi connectivity index (χ0v) is 20.0. The van der Waals surface area contributed by atoms with Gasteiger partial charge in [0.05, 0.1) is 32.9 Å². The van der Waals surface area contributed by atoms with Gasteiger partial charge >= 0.3 is 5.97 Å². The highest BCUT2D eigenvalue weighted by molar-refractivity contribution is 7.13. The molecule has 0 radical (unpaired) electrons. The van der Waals surface area contributed by atoms with Crippen molar-refractivity contribution in [2.45, 2.75) is 13.8 Å². The predicted octanol–water partition coefficient (Wildman–Crippen LogP) is 5.56. The van der Waals surface area contributed by atoms with Gasteiger partial charge in [0.25, 0.3) is 5.91 Å². The maximum Gasteiger partial charge on any atom is 0.339 e. The summed E-state index contributed by atoms with van der Waals surface area (Å²) in [7, 11) is 0. The summed E-state index contributed by atoms with van der Waals surface area (Å²) in [4.78, 5) is 31.4. The van der Waals surface area contributed by atoms with Crippen LogP contribution in [0.1, 0.15) is 21.6 Å². The zero-order chi connectivity index (χ0) is 24.4. The number of carbonyl (C=O) groups excluding carboxylic acids is 2. The van der Waals surface area contributed by atoms with Gasteiger partial charge < -0.3 is 10.1 Å². The van der Waals surface area contributed by atoms with E-state index < -0.39 is 18.5 Å². The van der Waals surface area contributed by atoms with Crippen molar-refractivity contribution in [3.8, 4) is 16.3 Å². The second-order valence-corrected chi connectivity index (χ2v) is 9.00. The largest absolute Gasteiger partial charge is 0.452 e. The number of pyridine rings is 1. The van der Waals surface area contributed by atoms with Gasteiger partial charge in [0.15, 0.2) is 12.3 Å². The molecule has 0 aliphatic heterocycles. The Kier molecular flexibility index (Phi) is 6.12. The molecule has 35 heavy (non-hydrogen) atoms. The molecule has 0 unspecified atom stereocenters. The van der Waals surface area contributed by atoms with Crippen molar-refractivity contribution >= 4 is 39.9 Å². The van der Waals surface area contributed by atoms with E-state index in [1.165, 1.54) is 11.3 Å². The fraction of sp³-hybridized carbons (Fsp3) is 0.111. The number of amides is 1. The van der Waals surface area contributed by atoms with Crippen LogP contribution in [0.2, 0.25) is 0 Å². The summed E-state index contributed by atoms with van der Waals surface area (Å²) < 4.78 is 7.15. The van der Waals surface area contributed by atoms with Gasteiger partial charge in [-0.1, -0.05) is 42.0 Å². The number of aromatic nitrogens is 3. The first-order valence-corrected chi connectivity index (χ1v) is 11.9. The second kappa shape index (κ2) is 9.52. The van der Waals surface area contributed by atoms with Crippen LogP contribution in [0.5, 0.6) is 0 Å². The molecule has 0 saturated carbocycles. The van der Waals surface area contributed by atoms with Crippen molar-refractivity contribution in [3.63, 3.8) is 0 Å². The third-order valence-electron chi connectivity index (χ3n) is 5.48. The number of nitrogens with zero attached hydrogens (tertiary/aromatic N) is 3. The normalized spacial score (nSPS) is 10.9. The third kappa shape index (κ3) is 4.69. The van der Waals surface area contributed by atoms with Crippen LogP contribution < -0.4 is 5.32 Å². The van der Waals surface area contributed by atoms with Crippen molar-refractivity contribution in [2.24, 2.45) is 0 Å². The Hall–Kier alpha value is -4.30. The molecule has 1 amide bonds. The fourth-order valence-electron chi connectivity index (χ4n) is 3.79. The quantitative estimate of drug-likeness (QED) is 0.320. The highest BCUT2D eigenvalue weighted by Gasteiger charge is 2.22. The molecule has 0 atom stereocenters. The molecule has 7 nitrogen and oxygen atoms in total. The minimum Gasteiger partial charge on any atom is -0.452 e. The topological polar surface area (TPSA) is 86.1 Å². The lowest BCUT2D eigenvalue weighted by molar-refractivity contribution is -0.119. The van der Waals surface area contributed by atoms with E-state index in [2.05, 4.69) is 10.4 Å². The smallest absolute Gasteiger partial charge is 0.339 e. The summed E-state index contributed by atoms with van der Waals surface area (Å²) in [5, 5.41) is 9.94. The van der Waals surface area contributed by atoms with E-state index in [-0.39, 0.29) is 0 Å². The number of esters is 1. The molecular formula is C27H22N4O3S. The molecule has 0 spiro atoms. The second-order valence-electron chi connectivity index (χ2n) is 8.05. The minimum absolute atomic E-state index is 0.321. The van der Waals surface area contributed by atoms with Gasteiger partial charge in [-0.3, -0.25) is 4.79 Å². The van der Waals surface area contributed by atoms with Crippen molar-refractivity contribution < 1.29 is 14.3 Å². The van der Waals surface area contributed by atoms with Crippen molar-refractivity contribution in [1.29, 1.82) is 0 Å². The van der Waals surface area contributed by atoms with Crippen LogP contribution in [0, 0.1) is 13.8 Å². The standard InChI is InChI=1S/C27H22N4O3S/c1-17-10-12-19(13-11-17)28-24(32)16-34-27(33)21-15-22(23-9-6-14-35-23)29-26-25(21)18(2)30-31(26)20-7-4-3-5-8-20/h3-15H,16H2,1-2H3,(H,28,32). The van der Waals surface area contributed by atoms with E-state index in [0.717, 1.165) is 16.1 Å². The number of fused-ring (bicyclic) bond motifs is 1. The van der Waals surface area contributed by atoms with Gasteiger partial charge in [-0.15, -0.1) is 11.3 Å². The van der Waals surface area contributed by atoms with E-state index >= 15 is 0 Å². The summed E-state index contributed by atoms with van der Waals surface area (Å²) in [6.45, 7) is 3.39. The average Bonchev–Trinajstić information content (AvgIpc) is 3.53. The number of ether oxygens (including phenoxy) is 1. The number of aryl methyl sites for hydroxylation is 2. The lowest BCUT2D eigenvalue weighted by atomic mass is 10.1. The van der Waals surface area contributed by atoms with Crippen molar-refractivity contribution in [1.82, 2.24) is 14.8 Å². The SMILES string of the molecule is Cc1ccc(NC(=O)COC(=O)c2cc(-c3cccs3)nc3c2c(C)nn3-c2ccccc2)cc1. The number of nitrogens with one attached hydrogen (secondary N) is 1. The molecule has 0 bridgehead atoms. The lowest BCUT2D eigenvalue weighted by Crippen LogP contribution is -2.21. The molecule has 0 aliphatic carbocycles. The monoisotopic (exact) mass is 482 g/mol. The number of thiophene rings is 1. The van der Waals surface area contributed by atoms with Crippen LogP contribution >= 0.6 is 11.3 Å². The first-order chi connectivity index (χ1) is 17.0. The number of rotatable bonds is 6. The van der Waals surface area contributed by atoms with Crippen LogP contribution in [0.3, 0.4) is 0 Å². The minimum atomic E-state index is -0.607. The fourth-order valence-corrected chi connectivity index (χ4v) is 4.48. The maximum atomic E-state index is 13.2. The Morgan fingerprint density at radius 2 is 1.77 bits per heavy atom. The Morgan fingerprint density at radius 3 is 2.49 bits per heavy atom. The molecule has 0 aliphatic rings. The summed E-state index contributed by atoms with van der Waals surface area (Å²) in [5.41, 5.74) is 4.72. The average molecular weight is 483 g/mol. The summed E-state index contributed by atoms with van der Waals surface area (Å²) in [5.74, 6) is -1.02. The van der Waals surface area contributed by atoms with Gasteiger partial charge in [-0.25, -0.2) is 14.5 Å². The highest BCUT2D eigenvalue weighted by atomic mass is 32.1. The molecule has 2 aromatic carbocycles. The van der Waals surface area contributed by atoms with Crippen LogP contribution in [0.15, 0.2) is 78.2 Å². The molecule has 3 aromatic heterocycles. The van der Waals surface area contributed by atoms with Crippen LogP contribution in [0.25, 0.3) is 27.3 Å². The van der Waals surface area contributed by atoms with E-state index in [0.29, 0.717) is 33.7 Å². The number of carbonyl (C=O) groups is 2. The molecule has 0 saturated heterocycles. The molecule has 174 valence electrons. The van der Waals surface area contributed by atoms with Crippen molar-refractivity contribution in [3.05, 3.63) is 95.0 Å². The maximum absolute atomic E-state index is 13.2. The first kappa shape index (κ1) is 22.5. The van der Waals surface area contributed by atoms with Gasteiger partial charge in [0.2, 0.25) is 0 Å². The summed E-state index contributed by atoms with van der Waals surface area (Å²) in [6, 6.07) is 22.6. The third-order valence-corrected chi connectivity index (χ3v) is 6.37. The summed E-state index contributed by atoms with van der Waals surface area (Å²) in [6.07, 6.45) is 0. The van der Waals surface area contributed by atoms with Crippen LogP contribution in [-0.4, -0.2) is 33.2 Å². The van der Waals surface area contributed by atoms with Gasteiger partial charge in [-0.2, -0.15) is 5.10 Å². The number of hydrogen-bond acceptors (Lipinski definition) is 6. The molecule has 1 N–H and O–H groups in total. The lowest BCUT2D eigenvalue weighted by Gasteiger charge is -2.09. The number of anilines is 1. The van der Waals surface area contributed by atoms with Crippen LogP contribution in [-0.2, 0) is 9.53 Å². The van der Waals surface area contributed by atoms with Gasteiger partial charge in [0, 0.05) is 5.69 Å². The van der Waals surface area contributed by atoms with Crippen LogP contribution in [0.4, 0.5) is 5.69 Å². The van der Waals surface area contributed by atoms with E-state index in [1.54, 1.807) is 22.9 Å². The molecule has 0 fully saturated rings. The number of hydrogen-bond donors (Lipinski definition) is 1. The summed E-state index contributed by atoms with van der Waals surface area (Å²) >= 11 is 1.53. The molecule has 3 heterocycles. The van der Waals surface area contributed by atoms with Crippen molar-refractivity contribution in [2.75, 3.05) is 11.9 Å². The Morgan fingerprint density at radius 1 is 1.00 bits per heavy atom. The van der Waals surface area contributed by atoms with Gasteiger partial charge in [0.1, 0.15) is 0 Å². The van der Waals surface area contributed by atoms with E-state index in [1.807, 2.05) is 73.8 Å². The molecular weight excluding hydrogens is 460 g/mol. The number of para-hydroxylation sites is 1. The van der Waals surface area contributed by atoms with Gasteiger partial charge in [-0.05, 0) is 55.6 Å². The zero-order valence-electron chi connectivity index (χ0n) is 19.2. The van der Waals surface area contributed by atoms with E-state index in [9.17, 15) is 9.59 Å². The Bertz CT molecular complexity index is 1510. The predicted molar refractivity (Wildman–Crippen MR) is 137 cm³/mol. The van der Waals surface area contributed by atoms with E-state index in [4.69, 9.17) is 9.72 Å². The first-order valence-electron chi connectivity index (χ1n) is 11.0. The molecule has 5 rings (SSSR count). The molecule has 8 heteroatoms. The molecule has 5 aromatic rings. The Labute approximate surface area is 206 Å². The number of benzene rings is 2. The Balaban J connectivity index is 1.48. The highest BCUT2D eigenvalue weighted by Crippen LogP contribution is 2.31.